The number of thioether (sulfide) groups is 1. The Morgan fingerprint density at radius 1 is 1.38 bits per heavy atom. The van der Waals surface area contributed by atoms with Crippen molar-refractivity contribution in [1.82, 2.24) is 10.2 Å². The van der Waals surface area contributed by atoms with Gasteiger partial charge in [0.25, 0.3) is 5.91 Å². The predicted octanol–water partition coefficient (Wildman–Crippen LogP) is 3.42. The van der Waals surface area contributed by atoms with Crippen molar-refractivity contribution in [3.8, 4) is 0 Å². The quantitative estimate of drug-likeness (QED) is 0.865. The lowest BCUT2D eigenvalue weighted by Gasteiger charge is -2.30. The number of carbonyl (C=O) groups excluding carboxylic acids is 1. The summed E-state index contributed by atoms with van der Waals surface area (Å²) in [5, 5.41) is 4.10. The molecule has 21 heavy (non-hydrogen) atoms. The summed E-state index contributed by atoms with van der Waals surface area (Å²) in [4.78, 5) is 16.0. The first-order valence-corrected chi connectivity index (χ1v) is 9.19. The fraction of sp³-hybridized carbons (Fsp3) is 0.562. The minimum Gasteiger partial charge on any atom is -0.334 e. The van der Waals surface area contributed by atoms with E-state index in [4.69, 9.17) is 11.6 Å². The summed E-state index contributed by atoms with van der Waals surface area (Å²) in [6, 6.07) is 6.50. The Labute approximate surface area is 135 Å². The number of rotatable bonds is 3. The third-order valence-electron chi connectivity index (χ3n) is 4.53. The number of halogens is 1. The van der Waals surface area contributed by atoms with Crippen LogP contribution < -0.4 is 5.32 Å². The lowest BCUT2D eigenvalue weighted by atomic mass is 10.0. The van der Waals surface area contributed by atoms with E-state index in [1.807, 2.05) is 29.4 Å². The molecule has 0 radical (unpaired) electrons. The molecule has 1 amide bonds. The summed E-state index contributed by atoms with van der Waals surface area (Å²) >= 11 is 7.90. The molecular formula is C16H21ClN2OS. The van der Waals surface area contributed by atoms with Crippen LogP contribution in [0.1, 0.15) is 36.0 Å². The first-order chi connectivity index (χ1) is 10.2. The zero-order valence-corrected chi connectivity index (χ0v) is 13.8. The Morgan fingerprint density at radius 2 is 2.24 bits per heavy atom. The average molecular weight is 325 g/mol. The molecule has 5 heteroatoms. The van der Waals surface area contributed by atoms with Gasteiger partial charge in [-0.05, 0) is 56.7 Å². The maximum Gasteiger partial charge on any atom is 0.255 e. The number of benzene rings is 1. The molecule has 2 aliphatic rings. The van der Waals surface area contributed by atoms with Gasteiger partial charge in [-0.1, -0.05) is 11.6 Å². The third-order valence-corrected chi connectivity index (χ3v) is 5.58. The Kier molecular flexibility index (Phi) is 4.77. The molecule has 114 valence electrons. The summed E-state index contributed by atoms with van der Waals surface area (Å²) in [6.45, 7) is 1.92. The molecule has 3 nitrogen and oxygen atoms in total. The SMILES string of the molecule is CSc1ccc(Cl)c(C(=O)N2CCCC2C2CCCN2)c1. The van der Waals surface area contributed by atoms with Crippen LogP contribution in [0.25, 0.3) is 0 Å². The smallest absolute Gasteiger partial charge is 0.255 e. The Hall–Kier alpha value is -0.710. The van der Waals surface area contributed by atoms with E-state index in [0.29, 0.717) is 22.7 Å². The highest BCUT2D eigenvalue weighted by Crippen LogP contribution is 2.30. The van der Waals surface area contributed by atoms with Gasteiger partial charge < -0.3 is 10.2 Å². The molecule has 0 aliphatic carbocycles. The fourth-order valence-electron chi connectivity index (χ4n) is 3.45. The van der Waals surface area contributed by atoms with Crippen LogP contribution in [-0.2, 0) is 0 Å². The first-order valence-electron chi connectivity index (χ1n) is 7.58. The van der Waals surface area contributed by atoms with Crippen molar-refractivity contribution in [2.45, 2.75) is 42.7 Å². The van der Waals surface area contributed by atoms with Crippen molar-refractivity contribution in [3.63, 3.8) is 0 Å². The molecule has 1 aromatic rings. The number of nitrogens with zero attached hydrogens (tertiary/aromatic N) is 1. The van der Waals surface area contributed by atoms with Gasteiger partial charge in [-0.25, -0.2) is 0 Å². The topological polar surface area (TPSA) is 32.3 Å². The lowest BCUT2D eigenvalue weighted by molar-refractivity contribution is 0.0711. The molecule has 2 heterocycles. The Morgan fingerprint density at radius 3 is 2.95 bits per heavy atom. The second kappa shape index (κ2) is 6.59. The van der Waals surface area contributed by atoms with Crippen LogP contribution in [0.4, 0.5) is 0 Å². The second-order valence-corrected chi connectivity index (χ2v) is 7.04. The molecular weight excluding hydrogens is 304 g/mol. The van der Waals surface area contributed by atoms with Crippen molar-refractivity contribution in [2.75, 3.05) is 19.3 Å². The molecule has 2 unspecified atom stereocenters. The fourth-order valence-corrected chi connectivity index (χ4v) is 4.09. The highest BCUT2D eigenvalue weighted by Gasteiger charge is 2.36. The Balaban J connectivity index is 1.83. The largest absolute Gasteiger partial charge is 0.334 e. The first kappa shape index (κ1) is 15.2. The average Bonchev–Trinajstić information content (AvgIpc) is 3.17. The third kappa shape index (κ3) is 3.08. The van der Waals surface area contributed by atoms with E-state index in [1.54, 1.807) is 11.8 Å². The number of amides is 1. The number of nitrogens with one attached hydrogen (secondary N) is 1. The number of hydrogen-bond donors (Lipinski definition) is 1. The molecule has 2 fully saturated rings. The van der Waals surface area contributed by atoms with Gasteiger partial charge in [-0.2, -0.15) is 0 Å². The maximum atomic E-state index is 12.9. The van der Waals surface area contributed by atoms with Gasteiger partial charge in [-0.15, -0.1) is 11.8 Å². The zero-order valence-electron chi connectivity index (χ0n) is 12.3. The van der Waals surface area contributed by atoms with Crippen LogP contribution in [0.3, 0.4) is 0 Å². The van der Waals surface area contributed by atoms with Gasteiger partial charge in [0.1, 0.15) is 0 Å². The van der Waals surface area contributed by atoms with E-state index < -0.39 is 0 Å². The van der Waals surface area contributed by atoms with E-state index in [1.165, 1.54) is 12.8 Å². The monoisotopic (exact) mass is 324 g/mol. The number of likely N-dealkylation sites (tertiary alicyclic amines) is 1. The molecule has 0 aromatic heterocycles. The summed E-state index contributed by atoms with van der Waals surface area (Å²) < 4.78 is 0. The van der Waals surface area contributed by atoms with Gasteiger partial charge in [-0.3, -0.25) is 4.79 Å². The number of hydrogen-bond acceptors (Lipinski definition) is 3. The van der Waals surface area contributed by atoms with Gasteiger partial charge in [0.15, 0.2) is 0 Å². The minimum absolute atomic E-state index is 0.0899. The number of carbonyl (C=O) groups is 1. The lowest BCUT2D eigenvalue weighted by Crippen LogP contribution is -2.46. The highest BCUT2D eigenvalue weighted by molar-refractivity contribution is 7.98. The van der Waals surface area contributed by atoms with Crippen molar-refractivity contribution < 1.29 is 4.79 Å². The molecule has 2 saturated heterocycles. The van der Waals surface area contributed by atoms with Crippen molar-refractivity contribution in [1.29, 1.82) is 0 Å². The van der Waals surface area contributed by atoms with Crippen LogP contribution in [0.15, 0.2) is 23.1 Å². The van der Waals surface area contributed by atoms with Crippen LogP contribution in [-0.4, -0.2) is 42.2 Å². The van der Waals surface area contributed by atoms with Crippen LogP contribution in [0.5, 0.6) is 0 Å². The van der Waals surface area contributed by atoms with Crippen molar-refractivity contribution >= 4 is 29.3 Å². The van der Waals surface area contributed by atoms with E-state index in [0.717, 1.165) is 30.8 Å². The zero-order chi connectivity index (χ0) is 14.8. The molecule has 0 bridgehead atoms. The Bertz CT molecular complexity index is 531. The van der Waals surface area contributed by atoms with Gasteiger partial charge >= 0.3 is 0 Å². The summed E-state index contributed by atoms with van der Waals surface area (Å²) in [5.74, 6) is 0.0899. The molecule has 2 atom stereocenters. The molecule has 1 aromatic carbocycles. The summed E-state index contributed by atoms with van der Waals surface area (Å²) in [5.41, 5.74) is 0.647. The van der Waals surface area contributed by atoms with E-state index in [2.05, 4.69) is 5.32 Å². The van der Waals surface area contributed by atoms with Crippen molar-refractivity contribution in [3.05, 3.63) is 28.8 Å². The maximum absolute atomic E-state index is 12.9. The molecule has 2 aliphatic heterocycles. The highest BCUT2D eigenvalue weighted by atomic mass is 35.5. The van der Waals surface area contributed by atoms with E-state index in [9.17, 15) is 4.79 Å². The van der Waals surface area contributed by atoms with Crippen LogP contribution in [0.2, 0.25) is 5.02 Å². The molecule has 1 N–H and O–H groups in total. The van der Waals surface area contributed by atoms with Crippen LogP contribution in [0, 0.1) is 0 Å². The molecule has 0 spiro atoms. The van der Waals surface area contributed by atoms with Crippen molar-refractivity contribution in [2.24, 2.45) is 0 Å². The summed E-state index contributed by atoms with van der Waals surface area (Å²) in [6.07, 6.45) is 6.59. The van der Waals surface area contributed by atoms with Gasteiger partial charge in [0.2, 0.25) is 0 Å². The predicted molar refractivity (Wildman–Crippen MR) is 88.3 cm³/mol. The summed E-state index contributed by atoms with van der Waals surface area (Å²) in [7, 11) is 0. The second-order valence-electron chi connectivity index (χ2n) is 5.76. The van der Waals surface area contributed by atoms with Gasteiger partial charge in [0, 0.05) is 23.5 Å². The minimum atomic E-state index is 0.0899. The molecule has 0 saturated carbocycles. The normalized spacial score (nSPS) is 25.5. The van der Waals surface area contributed by atoms with E-state index in [-0.39, 0.29) is 5.91 Å². The molecule has 3 rings (SSSR count). The van der Waals surface area contributed by atoms with Crippen LogP contribution >= 0.6 is 23.4 Å². The van der Waals surface area contributed by atoms with Gasteiger partial charge in [0.05, 0.1) is 10.6 Å². The standard InChI is InChI=1S/C16H21ClN2OS/c1-21-11-6-7-13(17)12(10-11)16(20)19-9-3-5-15(19)14-4-2-8-18-14/h6-7,10,14-15,18H,2-5,8-9H2,1H3. The van der Waals surface area contributed by atoms with E-state index >= 15 is 0 Å².